The molecule has 0 aliphatic carbocycles. The Kier molecular flexibility index (Phi) is 5.36. The first-order valence-corrected chi connectivity index (χ1v) is 8.56. The lowest BCUT2D eigenvalue weighted by atomic mass is 10.2. The van der Waals surface area contributed by atoms with E-state index in [0.29, 0.717) is 24.3 Å². The molecule has 0 spiro atoms. The van der Waals surface area contributed by atoms with E-state index >= 15 is 0 Å². The van der Waals surface area contributed by atoms with Gasteiger partial charge in [-0.25, -0.2) is 4.98 Å². The van der Waals surface area contributed by atoms with Crippen LogP contribution in [-0.4, -0.2) is 38.7 Å². The van der Waals surface area contributed by atoms with Crippen LogP contribution in [0.15, 0.2) is 4.79 Å². The smallest absolute Gasteiger partial charge is 0.259 e. The van der Waals surface area contributed by atoms with E-state index in [1.807, 2.05) is 20.8 Å². The summed E-state index contributed by atoms with van der Waals surface area (Å²) in [6, 6.07) is 0.272. The molecule has 0 aromatic carbocycles. The molecule has 0 aliphatic heterocycles. The average Bonchev–Trinajstić information content (AvgIpc) is 2.73. The second-order valence-electron chi connectivity index (χ2n) is 6.06. The number of aliphatic hydroxyl groups excluding tert-OH is 1. The summed E-state index contributed by atoms with van der Waals surface area (Å²) < 4.78 is 0. The molecule has 1 unspecified atom stereocenters. The number of thiophene rings is 1. The third-order valence-electron chi connectivity index (χ3n) is 4.09. The SMILES string of the molecule is CCC(O)CN(Cc1nc2sc(C)c(C)c2c(=O)[nH]1)C(C)C. The summed E-state index contributed by atoms with van der Waals surface area (Å²) in [5.74, 6) is 0.663. The van der Waals surface area contributed by atoms with Crippen molar-refractivity contribution in [3.05, 3.63) is 26.6 Å². The predicted molar refractivity (Wildman–Crippen MR) is 91.6 cm³/mol. The third-order valence-corrected chi connectivity index (χ3v) is 5.19. The first-order valence-electron chi connectivity index (χ1n) is 7.74. The molecule has 22 heavy (non-hydrogen) atoms. The summed E-state index contributed by atoms with van der Waals surface area (Å²) in [6.07, 6.45) is 0.360. The molecule has 0 fully saturated rings. The Morgan fingerprint density at radius 1 is 1.36 bits per heavy atom. The molecular formula is C16H25N3O2S. The highest BCUT2D eigenvalue weighted by Crippen LogP contribution is 2.25. The van der Waals surface area contributed by atoms with Gasteiger partial charge in [0.25, 0.3) is 5.56 Å². The van der Waals surface area contributed by atoms with Crippen LogP contribution in [0.25, 0.3) is 10.2 Å². The minimum atomic E-state index is -0.357. The Bertz CT molecular complexity index is 705. The van der Waals surface area contributed by atoms with E-state index in [0.717, 1.165) is 21.7 Å². The van der Waals surface area contributed by atoms with Crippen molar-refractivity contribution in [2.75, 3.05) is 6.54 Å². The van der Waals surface area contributed by atoms with Crippen LogP contribution >= 0.6 is 11.3 Å². The van der Waals surface area contributed by atoms with Gasteiger partial charge in [-0.05, 0) is 39.7 Å². The average molecular weight is 323 g/mol. The highest BCUT2D eigenvalue weighted by Gasteiger charge is 2.17. The Balaban J connectivity index is 2.32. The van der Waals surface area contributed by atoms with Crippen molar-refractivity contribution in [1.29, 1.82) is 0 Å². The maximum atomic E-state index is 12.3. The highest BCUT2D eigenvalue weighted by atomic mass is 32.1. The molecule has 0 bridgehead atoms. The molecule has 5 nitrogen and oxygen atoms in total. The molecule has 2 heterocycles. The summed E-state index contributed by atoms with van der Waals surface area (Å²) in [4.78, 5) is 23.9. The number of aryl methyl sites for hydroxylation is 2. The maximum absolute atomic E-state index is 12.3. The number of hydrogen-bond acceptors (Lipinski definition) is 5. The van der Waals surface area contributed by atoms with Crippen molar-refractivity contribution in [3.8, 4) is 0 Å². The quantitative estimate of drug-likeness (QED) is 0.857. The molecule has 0 amide bonds. The van der Waals surface area contributed by atoms with E-state index in [1.165, 1.54) is 0 Å². The monoisotopic (exact) mass is 323 g/mol. The van der Waals surface area contributed by atoms with Gasteiger partial charge in [0.2, 0.25) is 0 Å². The van der Waals surface area contributed by atoms with E-state index in [1.54, 1.807) is 11.3 Å². The van der Waals surface area contributed by atoms with Crippen LogP contribution in [0.4, 0.5) is 0 Å². The van der Waals surface area contributed by atoms with Crippen LogP contribution in [-0.2, 0) is 6.54 Å². The van der Waals surface area contributed by atoms with Crippen LogP contribution in [0, 0.1) is 13.8 Å². The van der Waals surface area contributed by atoms with Gasteiger partial charge < -0.3 is 10.1 Å². The maximum Gasteiger partial charge on any atom is 0.259 e. The fraction of sp³-hybridized carbons (Fsp3) is 0.625. The lowest BCUT2D eigenvalue weighted by Gasteiger charge is -2.27. The van der Waals surface area contributed by atoms with Crippen LogP contribution < -0.4 is 5.56 Å². The van der Waals surface area contributed by atoms with E-state index in [-0.39, 0.29) is 17.7 Å². The van der Waals surface area contributed by atoms with Crippen molar-refractivity contribution >= 4 is 21.6 Å². The van der Waals surface area contributed by atoms with Gasteiger partial charge in [-0.2, -0.15) is 0 Å². The summed E-state index contributed by atoms with van der Waals surface area (Å²) in [5, 5.41) is 10.6. The molecule has 2 aromatic rings. The van der Waals surface area contributed by atoms with Crippen molar-refractivity contribution < 1.29 is 5.11 Å². The number of aromatic amines is 1. The highest BCUT2D eigenvalue weighted by molar-refractivity contribution is 7.18. The lowest BCUT2D eigenvalue weighted by Crippen LogP contribution is -2.37. The number of H-pyrrole nitrogens is 1. The Hall–Kier alpha value is -1.24. The Morgan fingerprint density at radius 2 is 2.05 bits per heavy atom. The van der Waals surface area contributed by atoms with Gasteiger partial charge >= 0.3 is 0 Å². The number of hydrogen-bond donors (Lipinski definition) is 2. The molecule has 2 rings (SSSR count). The summed E-state index contributed by atoms with van der Waals surface area (Å²) >= 11 is 1.56. The van der Waals surface area contributed by atoms with Gasteiger partial charge in [-0.1, -0.05) is 6.92 Å². The van der Waals surface area contributed by atoms with Crippen molar-refractivity contribution in [2.24, 2.45) is 0 Å². The van der Waals surface area contributed by atoms with Crippen LogP contribution in [0.3, 0.4) is 0 Å². The Morgan fingerprint density at radius 3 is 2.64 bits per heavy atom. The Labute approximate surface area is 135 Å². The molecule has 2 N–H and O–H groups in total. The normalized spacial score (nSPS) is 13.5. The van der Waals surface area contributed by atoms with Crippen LogP contribution in [0.5, 0.6) is 0 Å². The number of aliphatic hydroxyl groups is 1. The fourth-order valence-electron chi connectivity index (χ4n) is 2.42. The number of fused-ring (bicyclic) bond motifs is 1. The number of aromatic nitrogens is 2. The molecule has 1 atom stereocenters. The molecule has 0 radical (unpaired) electrons. The van der Waals surface area contributed by atoms with Gasteiger partial charge in [-0.3, -0.25) is 9.69 Å². The van der Waals surface area contributed by atoms with Gasteiger partial charge in [0.15, 0.2) is 0 Å². The van der Waals surface area contributed by atoms with Gasteiger partial charge in [0.1, 0.15) is 10.7 Å². The van der Waals surface area contributed by atoms with Gasteiger partial charge in [0.05, 0.1) is 18.0 Å². The summed E-state index contributed by atoms with van der Waals surface area (Å²) in [7, 11) is 0. The van der Waals surface area contributed by atoms with Crippen LogP contribution in [0.1, 0.15) is 43.5 Å². The largest absolute Gasteiger partial charge is 0.392 e. The molecule has 6 heteroatoms. The number of rotatable bonds is 6. The van der Waals surface area contributed by atoms with E-state index < -0.39 is 0 Å². The van der Waals surface area contributed by atoms with E-state index in [2.05, 4.69) is 28.7 Å². The van der Waals surface area contributed by atoms with Crippen molar-refractivity contribution in [2.45, 2.75) is 59.7 Å². The van der Waals surface area contributed by atoms with Crippen LogP contribution in [0.2, 0.25) is 0 Å². The van der Waals surface area contributed by atoms with Gasteiger partial charge in [-0.15, -0.1) is 11.3 Å². The minimum absolute atomic E-state index is 0.0680. The van der Waals surface area contributed by atoms with E-state index in [9.17, 15) is 9.90 Å². The van der Waals surface area contributed by atoms with E-state index in [4.69, 9.17) is 0 Å². The molecular weight excluding hydrogens is 298 g/mol. The third kappa shape index (κ3) is 3.56. The molecule has 2 aromatic heterocycles. The van der Waals surface area contributed by atoms with Crippen molar-refractivity contribution in [1.82, 2.24) is 14.9 Å². The zero-order valence-corrected chi connectivity index (χ0v) is 14.8. The molecule has 0 saturated heterocycles. The zero-order chi connectivity index (χ0) is 16.4. The second kappa shape index (κ2) is 6.89. The zero-order valence-electron chi connectivity index (χ0n) is 13.9. The second-order valence-corrected chi connectivity index (χ2v) is 7.26. The summed E-state index contributed by atoms with van der Waals surface area (Å²) in [6.45, 7) is 11.2. The fourth-order valence-corrected chi connectivity index (χ4v) is 3.47. The standard InChI is InChI=1S/C16H25N3O2S/c1-6-12(20)7-19(9(2)3)8-13-17-15(21)14-10(4)11(5)22-16(14)18-13/h9,12,20H,6-8H2,1-5H3,(H,17,18,21). The molecule has 0 aliphatic rings. The molecule has 0 saturated carbocycles. The lowest BCUT2D eigenvalue weighted by molar-refractivity contribution is 0.0865. The summed E-state index contributed by atoms with van der Waals surface area (Å²) in [5.41, 5.74) is 0.948. The van der Waals surface area contributed by atoms with Crippen molar-refractivity contribution in [3.63, 3.8) is 0 Å². The minimum Gasteiger partial charge on any atom is -0.392 e. The first-order chi connectivity index (χ1) is 10.3. The topological polar surface area (TPSA) is 69.2 Å². The molecule has 122 valence electrons. The predicted octanol–water partition coefficient (Wildman–Crippen LogP) is 2.58. The number of nitrogens with zero attached hydrogens (tertiary/aromatic N) is 2. The first kappa shape index (κ1) is 17.1. The number of nitrogens with one attached hydrogen (secondary N) is 1. The van der Waals surface area contributed by atoms with Gasteiger partial charge in [0, 0.05) is 17.5 Å².